The molecule has 1 amide bonds. The number of aromatic nitrogens is 2. The summed E-state index contributed by atoms with van der Waals surface area (Å²) in [7, 11) is 1.51. The summed E-state index contributed by atoms with van der Waals surface area (Å²) in [6.07, 6.45) is 2.45. The zero-order valence-corrected chi connectivity index (χ0v) is 13.5. The van der Waals surface area contributed by atoms with Gasteiger partial charge in [-0.2, -0.15) is 8.78 Å². The first-order valence-corrected chi connectivity index (χ1v) is 7.40. The maximum atomic E-state index is 12.8. The van der Waals surface area contributed by atoms with E-state index < -0.39 is 6.55 Å². The maximum absolute atomic E-state index is 12.8. The number of nitrogens with zero attached hydrogens (tertiary/aromatic N) is 3. The Hall–Kier alpha value is -2.64. The molecule has 8 heteroatoms. The van der Waals surface area contributed by atoms with E-state index in [4.69, 9.17) is 9.47 Å². The van der Waals surface area contributed by atoms with E-state index >= 15 is 0 Å². The molecule has 1 aromatic carbocycles. The first-order chi connectivity index (χ1) is 11.5. The summed E-state index contributed by atoms with van der Waals surface area (Å²) in [6, 6.07) is 6.88. The molecule has 6 nitrogen and oxygen atoms in total. The van der Waals surface area contributed by atoms with Crippen molar-refractivity contribution in [3.05, 3.63) is 42.5 Å². The van der Waals surface area contributed by atoms with Gasteiger partial charge in [-0.3, -0.25) is 9.36 Å². The fraction of sp³-hybridized carbons (Fsp3) is 0.375. The Kier molecular flexibility index (Phi) is 6.11. The molecule has 24 heavy (non-hydrogen) atoms. The number of amides is 1. The molecule has 1 heterocycles. The molecule has 0 aliphatic rings. The minimum absolute atomic E-state index is 0.0250. The van der Waals surface area contributed by atoms with Crippen LogP contribution in [0.25, 0.3) is 0 Å². The molecular weight excluding hydrogens is 320 g/mol. The van der Waals surface area contributed by atoms with E-state index in [-0.39, 0.29) is 24.9 Å². The second-order valence-corrected chi connectivity index (χ2v) is 4.97. The Morgan fingerprint density at radius 1 is 1.25 bits per heavy atom. The lowest BCUT2D eigenvalue weighted by molar-refractivity contribution is -0.132. The second-order valence-electron chi connectivity index (χ2n) is 4.97. The van der Waals surface area contributed by atoms with Gasteiger partial charge in [0.15, 0.2) is 6.61 Å². The lowest BCUT2D eigenvalue weighted by atomic mass is 10.3. The summed E-state index contributed by atoms with van der Waals surface area (Å²) < 4.78 is 36.9. The monoisotopic (exact) mass is 339 g/mol. The highest BCUT2D eigenvalue weighted by Crippen LogP contribution is 2.18. The molecule has 0 N–H and O–H groups in total. The molecule has 1 aromatic heterocycles. The largest absolute Gasteiger partial charge is 0.494 e. The van der Waals surface area contributed by atoms with Crippen molar-refractivity contribution in [2.75, 3.05) is 20.3 Å². The highest BCUT2D eigenvalue weighted by atomic mass is 19.3. The minimum atomic E-state index is -2.69. The van der Waals surface area contributed by atoms with Crippen LogP contribution in [-0.2, 0) is 11.3 Å². The average molecular weight is 339 g/mol. The van der Waals surface area contributed by atoms with Crippen LogP contribution >= 0.6 is 0 Å². The number of benzene rings is 1. The van der Waals surface area contributed by atoms with Gasteiger partial charge in [-0.1, -0.05) is 0 Å². The topological polar surface area (TPSA) is 56.6 Å². The lowest BCUT2D eigenvalue weighted by Gasteiger charge is -2.18. The van der Waals surface area contributed by atoms with Gasteiger partial charge in [0, 0.05) is 19.4 Å². The molecule has 0 unspecified atom stereocenters. The Balaban J connectivity index is 1.86. The van der Waals surface area contributed by atoms with Crippen LogP contribution in [0, 0.1) is 0 Å². The summed E-state index contributed by atoms with van der Waals surface area (Å²) >= 11 is 0. The van der Waals surface area contributed by atoms with Gasteiger partial charge >= 0.3 is 6.55 Å². The van der Waals surface area contributed by atoms with Crippen LogP contribution in [0.3, 0.4) is 0 Å². The van der Waals surface area contributed by atoms with E-state index in [1.807, 2.05) is 6.92 Å². The molecule has 0 saturated carbocycles. The van der Waals surface area contributed by atoms with Gasteiger partial charge in [0.05, 0.1) is 13.2 Å². The van der Waals surface area contributed by atoms with Crippen LogP contribution in [0.4, 0.5) is 8.78 Å². The van der Waals surface area contributed by atoms with Crippen molar-refractivity contribution in [2.24, 2.45) is 0 Å². The van der Waals surface area contributed by atoms with Crippen LogP contribution in [0.1, 0.15) is 19.3 Å². The molecule has 0 saturated heterocycles. The standard InChI is InChI=1S/C16H19F2N3O3/c1-3-23-12-4-6-13(7-5-12)24-11-15(22)20(2)10-14-19-8-9-21(14)16(17)18/h4-9,16H,3,10-11H2,1-2H3. The molecule has 0 aliphatic carbocycles. The fourth-order valence-electron chi connectivity index (χ4n) is 2.00. The predicted molar refractivity (Wildman–Crippen MR) is 83.1 cm³/mol. The number of ether oxygens (including phenoxy) is 2. The number of hydrogen-bond donors (Lipinski definition) is 0. The third kappa shape index (κ3) is 4.68. The molecule has 0 fully saturated rings. The summed E-state index contributed by atoms with van der Waals surface area (Å²) in [4.78, 5) is 17.2. The van der Waals surface area contributed by atoms with Crippen LogP contribution < -0.4 is 9.47 Å². The summed E-state index contributed by atoms with van der Waals surface area (Å²) in [5.41, 5.74) is 0. The number of carbonyl (C=O) groups is 1. The smallest absolute Gasteiger partial charge is 0.319 e. The van der Waals surface area contributed by atoms with Crippen LogP contribution in [0.2, 0.25) is 0 Å². The van der Waals surface area contributed by atoms with Gasteiger partial charge in [-0.15, -0.1) is 0 Å². The number of imidazole rings is 1. The van der Waals surface area contributed by atoms with E-state index in [0.29, 0.717) is 18.1 Å². The summed E-state index contributed by atoms with van der Waals surface area (Å²) in [5, 5.41) is 0. The number of halogens is 2. The van der Waals surface area contributed by atoms with Crippen molar-refractivity contribution in [2.45, 2.75) is 20.0 Å². The number of likely N-dealkylation sites (N-methyl/N-ethyl adjacent to an activating group) is 1. The highest BCUT2D eigenvalue weighted by Gasteiger charge is 2.16. The predicted octanol–water partition coefficient (Wildman–Crippen LogP) is 2.71. The zero-order chi connectivity index (χ0) is 17.5. The Morgan fingerprint density at radius 2 is 1.88 bits per heavy atom. The van der Waals surface area contributed by atoms with Gasteiger partial charge < -0.3 is 14.4 Å². The summed E-state index contributed by atoms with van der Waals surface area (Å²) in [6.45, 7) is -0.454. The lowest BCUT2D eigenvalue weighted by Crippen LogP contribution is -2.32. The zero-order valence-electron chi connectivity index (χ0n) is 13.5. The molecule has 0 radical (unpaired) electrons. The Bertz CT molecular complexity index is 659. The second kappa shape index (κ2) is 8.28. The first kappa shape index (κ1) is 17.7. The van der Waals surface area contributed by atoms with Gasteiger partial charge in [-0.25, -0.2) is 4.98 Å². The van der Waals surface area contributed by atoms with Gasteiger partial charge in [0.2, 0.25) is 0 Å². The van der Waals surface area contributed by atoms with E-state index in [0.717, 1.165) is 4.57 Å². The quantitative estimate of drug-likeness (QED) is 0.742. The normalized spacial score (nSPS) is 10.7. The number of alkyl halides is 2. The fourth-order valence-corrected chi connectivity index (χ4v) is 2.00. The third-order valence-corrected chi connectivity index (χ3v) is 3.26. The van der Waals surface area contributed by atoms with Crippen molar-refractivity contribution in [1.82, 2.24) is 14.5 Å². The van der Waals surface area contributed by atoms with Crippen molar-refractivity contribution in [3.63, 3.8) is 0 Å². The van der Waals surface area contributed by atoms with E-state index in [1.54, 1.807) is 24.3 Å². The van der Waals surface area contributed by atoms with Crippen LogP contribution in [-0.4, -0.2) is 40.6 Å². The molecule has 0 bridgehead atoms. The van der Waals surface area contributed by atoms with Crippen molar-refractivity contribution >= 4 is 5.91 Å². The van der Waals surface area contributed by atoms with E-state index in [2.05, 4.69) is 4.98 Å². The Morgan fingerprint density at radius 3 is 2.46 bits per heavy atom. The van der Waals surface area contributed by atoms with Crippen molar-refractivity contribution in [1.29, 1.82) is 0 Å². The van der Waals surface area contributed by atoms with Crippen molar-refractivity contribution in [3.8, 4) is 11.5 Å². The number of carbonyl (C=O) groups excluding carboxylic acids is 1. The summed E-state index contributed by atoms with van der Waals surface area (Å²) in [5.74, 6) is 1.01. The minimum Gasteiger partial charge on any atom is -0.494 e. The number of hydrogen-bond acceptors (Lipinski definition) is 4. The van der Waals surface area contributed by atoms with Crippen molar-refractivity contribution < 1.29 is 23.0 Å². The molecular formula is C16H19F2N3O3. The Labute approximate surface area is 138 Å². The van der Waals surface area contributed by atoms with E-state index in [9.17, 15) is 13.6 Å². The van der Waals surface area contributed by atoms with Crippen LogP contribution in [0.5, 0.6) is 11.5 Å². The molecule has 130 valence electrons. The van der Waals surface area contributed by atoms with Gasteiger partial charge in [0.25, 0.3) is 5.91 Å². The van der Waals surface area contributed by atoms with E-state index in [1.165, 1.54) is 24.3 Å². The average Bonchev–Trinajstić information content (AvgIpc) is 3.02. The maximum Gasteiger partial charge on any atom is 0.319 e. The molecule has 0 spiro atoms. The van der Waals surface area contributed by atoms with Gasteiger partial charge in [0.1, 0.15) is 17.3 Å². The van der Waals surface area contributed by atoms with Gasteiger partial charge in [-0.05, 0) is 31.2 Å². The number of rotatable bonds is 8. The first-order valence-electron chi connectivity index (χ1n) is 7.40. The van der Waals surface area contributed by atoms with Crippen LogP contribution in [0.15, 0.2) is 36.7 Å². The SMILES string of the molecule is CCOc1ccc(OCC(=O)N(C)Cc2nccn2C(F)F)cc1. The molecule has 0 aliphatic heterocycles. The molecule has 0 atom stereocenters. The molecule has 2 rings (SSSR count). The highest BCUT2D eigenvalue weighted by molar-refractivity contribution is 5.77. The molecule has 2 aromatic rings. The third-order valence-electron chi connectivity index (χ3n) is 3.26.